The van der Waals surface area contributed by atoms with Crippen molar-refractivity contribution >= 4 is 19.7 Å². The van der Waals surface area contributed by atoms with Crippen LogP contribution in [0.3, 0.4) is 0 Å². The van der Waals surface area contributed by atoms with Crippen LogP contribution in [0.2, 0.25) is 0 Å². The third kappa shape index (κ3) is 2.91. The van der Waals surface area contributed by atoms with Gasteiger partial charge in [-0.05, 0) is 31.2 Å². The Morgan fingerprint density at radius 1 is 0.714 bits per heavy atom. The molecule has 0 N–H and O–H groups in total. The molecule has 0 atom stereocenters. The fourth-order valence-electron chi connectivity index (χ4n) is 1.89. The predicted octanol–water partition coefficient (Wildman–Crippen LogP) is 2.80. The molecule has 2 aromatic carbocycles. The number of allylic oxidation sites excluding steroid dienone is 1. The lowest BCUT2D eigenvalue weighted by Gasteiger charge is -2.10. The van der Waals surface area contributed by atoms with Gasteiger partial charge in [0.2, 0.25) is 19.7 Å². The van der Waals surface area contributed by atoms with Crippen molar-refractivity contribution in [3.05, 3.63) is 71.0 Å². The van der Waals surface area contributed by atoms with Crippen molar-refractivity contribution in [1.82, 2.24) is 0 Å². The molecule has 0 aromatic heterocycles. The van der Waals surface area contributed by atoms with Crippen LogP contribution in [-0.2, 0) is 19.7 Å². The van der Waals surface area contributed by atoms with Crippen molar-refractivity contribution in [2.24, 2.45) is 0 Å². The Balaban J connectivity index is 2.62. The van der Waals surface area contributed by atoms with Crippen molar-refractivity contribution in [3.8, 4) is 0 Å². The third-order valence-corrected chi connectivity index (χ3v) is 7.51. The minimum absolute atomic E-state index is 0.0439. The van der Waals surface area contributed by atoms with Crippen molar-refractivity contribution in [2.75, 3.05) is 0 Å². The van der Waals surface area contributed by atoms with E-state index < -0.39 is 23.9 Å². The second kappa shape index (κ2) is 5.83. The van der Waals surface area contributed by atoms with E-state index in [1.807, 2.05) is 0 Å². The normalized spacial score (nSPS) is 11.9. The van der Waals surface area contributed by atoms with Gasteiger partial charge in [-0.25, -0.2) is 16.8 Å². The zero-order valence-corrected chi connectivity index (χ0v) is 12.9. The van der Waals surface area contributed by atoms with Crippen LogP contribution in [0.4, 0.5) is 0 Å². The van der Waals surface area contributed by atoms with Gasteiger partial charge in [-0.2, -0.15) is 0 Å². The third-order valence-electron chi connectivity index (χ3n) is 2.87. The first-order valence-corrected chi connectivity index (χ1v) is 9.14. The monoisotopic (exact) mass is 322 g/mol. The first-order valence-electron chi connectivity index (χ1n) is 6.17. The molecular formula is C15H14O4S2. The smallest absolute Gasteiger partial charge is 0.217 e. The van der Waals surface area contributed by atoms with E-state index in [2.05, 4.69) is 0 Å². The van der Waals surface area contributed by atoms with Gasteiger partial charge in [0.25, 0.3) is 0 Å². The van der Waals surface area contributed by atoms with Gasteiger partial charge in [-0.3, -0.25) is 0 Å². The Hall–Kier alpha value is -1.92. The molecule has 6 heteroatoms. The molecule has 0 saturated heterocycles. The van der Waals surface area contributed by atoms with Crippen LogP contribution < -0.4 is 0 Å². The van der Waals surface area contributed by atoms with Crippen LogP contribution in [0.1, 0.15) is 6.92 Å². The van der Waals surface area contributed by atoms with Crippen LogP contribution in [0.15, 0.2) is 80.8 Å². The number of sulfone groups is 2. The van der Waals surface area contributed by atoms with E-state index in [4.69, 9.17) is 0 Å². The van der Waals surface area contributed by atoms with Crippen LogP contribution in [0, 0.1) is 0 Å². The van der Waals surface area contributed by atoms with Crippen LogP contribution >= 0.6 is 0 Å². The Labute approximate surface area is 124 Å². The summed E-state index contributed by atoms with van der Waals surface area (Å²) in [7, 11) is -8.17. The van der Waals surface area contributed by atoms with Crippen molar-refractivity contribution in [1.29, 1.82) is 0 Å². The molecule has 0 aliphatic rings. The lowest BCUT2D eigenvalue weighted by molar-refractivity contribution is 0.595. The number of hydrogen-bond donors (Lipinski definition) is 0. The SMILES string of the molecule is CC=C(S(=O)(=O)c1ccccc1)S(=O)(=O)c1ccccc1. The van der Waals surface area contributed by atoms with Gasteiger partial charge in [0, 0.05) is 0 Å². The fourth-order valence-corrected chi connectivity index (χ4v) is 5.74. The molecule has 2 aromatic rings. The van der Waals surface area contributed by atoms with E-state index in [-0.39, 0.29) is 9.79 Å². The highest BCUT2D eigenvalue weighted by Gasteiger charge is 2.32. The van der Waals surface area contributed by atoms with Gasteiger partial charge < -0.3 is 0 Å². The minimum atomic E-state index is -4.08. The van der Waals surface area contributed by atoms with Crippen LogP contribution in [-0.4, -0.2) is 16.8 Å². The van der Waals surface area contributed by atoms with E-state index in [1.54, 1.807) is 36.4 Å². The Morgan fingerprint density at radius 3 is 1.33 bits per heavy atom. The largest absolute Gasteiger partial charge is 0.218 e. The molecule has 0 bridgehead atoms. The van der Waals surface area contributed by atoms with E-state index in [1.165, 1.54) is 31.2 Å². The molecule has 0 fully saturated rings. The highest BCUT2D eigenvalue weighted by atomic mass is 32.3. The first kappa shape index (κ1) is 15.5. The second-order valence-electron chi connectivity index (χ2n) is 4.24. The summed E-state index contributed by atoms with van der Waals surface area (Å²) in [5.74, 6) is 0. The summed E-state index contributed by atoms with van der Waals surface area (Å²) >= 11 is 0. The highest BCUT2D eigenvalue weighted by Crippen LogP contribution is 2.28. The summed E-state index contributed by atoms with van der Waals surface area (Å²) in [5, 5.41) is 0. The summed E-state index contributed by atoms with van der Waals surface area (Å²) in [6, 6.07) is 15.0. The molecule has 0 radical (unpaired) electrons. The lowest BCUT2D eigenvalue weighted by Crippen LogP contribution is -2.15. The van der Waals surface area contributed by atoms with Gasteiger partial charge in [0.1, 0.15) is 0 Å². The Kier molecular flexibility index (Phi) is 4.29. The van der Waals surface area contributed by atoms with E-state index >= 15 is 0 Å². The molecule has 0 aliphatic heterocycles. The maximum absolute atomic E-state index is 12.5. The lowest BCUT2D eigenvalue weighted by atomic mass is 10.4. The van der Waals surface area contributed by atoms with E-state index in [9.17, 15) is 16.8 Å². The van der Waals surface area contributed by atoms with Gasteiger partial charge >= 0.3 is 0 Å². The second-order valence-corrected chi connectivity index (χ2v) is 8.34. The quantitative estimate of drug-likeness (QED) is 0.868. The molecule has 21 heavy (non-hydrogen) atoms. The Morgan fingerprint density at radius 2 is 1.05 bits per heavy atom. The summed E-state index contributed by atoms with van der Waals surface area (Å²) in [6.45, 7) is 1.40. The van der Waals surface area contributed by atoms with E-state index in [0.29, 0.717) is 0 Å². The standard InChI is InChI=1S/C15H14O4S2/c1-2-15(20(16,17)13-9-5-3-6-10-13)21(18,19)14-11-7-4-8-12-14/h2-12H,1H3. The van der Waals surface area contributed by atoms with Crippen molar-refractivity contribution in [2.45, 2.75) is 16.7 Å². The van der Waals surface area contributed by atoms with Crippen molar-refractivity contribution < 1.29 is 16.8 Å². The average Bonchev–Trinajstić information content (AvgIpc) is 2.49. The first-order chi connectivity index (χ1) is 9.90. The summed E-state index contributed by atoms with van der Waals surface area (Å²) in [5.41, 5.74) is 0. The van der Waals surface area contributed by atoms with E-state index in [0.717, 1.165) is 6.08 Å². The molecule has 0 aliphatic carbocycles. The van der Waals surface area contributed by atoms with Crippen LogP contribution in [0.25, 0.3) is 0 Å². The predicted molar refractivity (Wildman–Crippen MR) is 81.0 cm³/mol. The molecule has 4 nitrogen and oxygen atoms in total. The number of rotatable bonds is 4. The summed E-state index contributed by atoms with van der Waals surface area (Å²) in [6.07, 6.45) is 1.12. The summed E-state index contributed by atoms with van der Waals surface area (Å²) in [4.78, 5) is -0.0878. The molecule has 0 spiro atoms. The molecule has 0 unspecified atom stereocenters. The van der Waals surface area contributed by atoms with Gasteiger partial charge in [-0.15, -0.1) is 0 Å². The minimum Gasteiger partial charge on any atom is -0.218 e. The molecule has 0 amide bonds. The number of benzene rings is 2. The molecular weight excluding hydrogens is 308 g/mol. The van der Waals surface area contributed by atoms with Crippen molar-refractivity contribution in [3.63, 3.8) is 0 Å². The van der Waals surface area contributed by atoms with Crippen LogP contribution in [0.5, 0.6) is 0 Å². The zero-order chi connectivity index (χ0) is 15.5. The van der Waals surface area contributed by atoms with Gasteiger partial charge in [0.15, 0.2) is 4.24 Å². The topological polar surface area (TPSA) is 68.3 Å². The molecule has 2 rings (SSSR count). The molecule has 110 valence electrons. The molecule has 0 saturated carbocycles. The van der Waals surface area contributed by atoms with Gasteiger partial charge in [-0.1, -0.05) is 42.5 Å². The highest BCUT2D eigenvalue weighted by molar-refractivity contribution is 8.14. The fraction of sp³-hybridized carbons (Fsp3) is 0.0667. The maximum Gasteiger partial charge on any atom is 0.217 e. The molecule has 0 heterocycles. The summed E-state index contributed by atoms with van der Waals surface area (Å²) < 4.78 is 49.5. The maximum atomic E-state index is 12.5. The van der Waals surface area contributed by atoms with Gasteiger partial charge in [0.05, 0.1) is 9.79 Å². The number of hydrogen-bond acceptors (Lipinski definition) is 4. The zero-order valence-electron chi connectivity index (χ0n) is 11.3. The Bertz CT molecular complexity index is 779. The average molecular weight is 322 g/mol.